The summed E-state index contributed by atoms with van der Waals surface area (Å²) in [5.41, 5.74) is 3.09. The summed E-state index contributed by atoms with van der Waals surface area (Å²) < 4.78 is 0.454. The Morgan fingerprint density at radius 3 is 2.53 bits per heavy atom. The number of hydrogen-bond donors (Lipinski definition) is 6. The standard InChI is InChI=1S/C26H27N9O10S3.Na/c1-2-33-5-6-34(19(41)18(33)40)24(45)29-15(11-3-4-13(37)14(38)7-11)17(39)30-26(28-10-36)21(44)35-16(20(42)43)12(8-46-22(26)35)9-47-25-32-31-23(27)48-25;/h3-4,7,10,15,22,37-38H,2,5-6,8-9H2,1H3,(H2,27,31)(H,28,36)(H,29,45)(H,30,39)(H,42,43);/q;+1/p-1/t15?,22-,26+;/m0./s1. The average molecular weight is 744 g/mol. The molecule has 19 nitrogen and oxygen atoms in total. The van der Waals surface area contributed by atoms with Gasteiger partial charge in [-0.05, 0) is 30.2 Å². The summed E-state index contributed by atoms with van der Waals surface area (Å²) in [6, 6.07) is 0.186. The van der Waals surface area contributed by atoms with Crippen molar-refractivity contribution in [3.63, 3.8) is 0 Å². The second-order valence-corrected chi connectivity index (χ2v) is 13.6. The summed E-state index contributed by atoms with van der Waals surface area (Å²) in [5, 5.41) is 45.8. The van der Waals surface area contributed by atoms with Crippen LogP contribution in [-0.4, -0.2) is 119 Å². The number of aliphatic carboxylic acids is 1. The minimum atomic E-state index is -2.21. The first-order valence-electron chi connectivity index (χ1n) is 13.9. The van der Waals surface area contributed by atoms with Gasteiger partial charge >= 0.3 is 47.4 Å². The van der Waals surface area contributed by atoms with Gasteiger partial charge in [0.2, 0.25) is 23.1 Å². The molecule has 23 heteroatoms. The third-order valence-corrected chi connectivity index (χ3v) is 10.9. The molecule has 1 aromatic carbocycles. The number of phenols is 2. The summed E-state index contributed by atoms with van der Waals surface area (Å²) in [4.78, 5) is 92.6. The number of piperazine rings is 1. The van der Waals surface area contributed by atoms with Crippen molar-refractivity contribution in [2.75, 3.05) is 36.9 Å². The van der Waals surface area contributed by atoms with Gasteiger partial charge in [-0.2, -0.15) is 0 Å². The number of likely N-dealkylation sites (N-methyl/N-ethyl adjacent to an activating group) is 1. The summed E-state index contributed by atoms with van der Waals surface area (Å²) in [6.45, 7) is 1.71. The number of anilines is 1. The van der Waals surface area contributed by atoms with E-state index in [1.807, 2.05) is 0 Å². The van der Waals surface area contributed by atoms with Crippen LogP contribution in [-0.2, 0) is 28.8 Å². The number of β-lactam (4-membered cyclic amide) rings is 1. The van der Waals surface area contributed by atoms with E-state index in [2.05, 4.69) is 26.1 Å². The number of aromatic nitrogens is 2. The van der Waals surface area contributed by atoms with Crippen molar-refractivity contribution in [2.45, 2.75) is 28.3 Å². The Balaban J connectivity index is 0.00000541. The molecule has 2 saturated heterocycles. The van der Waals surface area contributed by atoms with E-state index in [-0.39, 0.29) is 77.8 Å². The molecule has 5 rings (SSSR count). The maximum atomic E-state index is 13.9. The number of fused-ring (bicyclic) bond motifs is 1. The van der Waals surface area contributed by atoms with Crippen LogP contribution < -0.4 is 56.3 Å². The van der Waals surface area contributed by atoms with E-state index in [1.54, 1.807) is 6.92 Å². The molecule has 3 aliphatic rings. The largest absolute Gasteiger partial charge is 1.00 e. The van der Waals surface area contributed by atoms with Crippen LogP contribution in [0.1, 0.15) is 18.5 Å². The van der Waals surface area contributed by atoms with Crippen LogP contribution >= 0.6 is 34.9 Å². The first-order chi connectivity index (χ1) is 22.8. The molecule has 2 aromatic rings. The fraction of sp³-hybridized carbons (Fsp3) is 0.346. The number of urea groups is 1. The van der Waals surface area contributed by atoms with Crippen molar-refractivity contribution in [1.82, 2.24) is 40.8 Å². The molecule has 4 heterocycles. The van der Waals surface area contributed by atoms with Crippen LogP contribution in [0.5, 0.6) is 11.5 Å². The molecule has 7 amide bonds. The summed E-state index contributed by atoms with van der Waals surface area (Å²) in [6.07, 6.45) is 0.126. The van der Waals surface area contributed by atoms with Gasteiger partial charge in [-0.15, -0.1) is 22.0 Å². The molecule has 254 valence electrons. The van der Waals surface area contributed by atoms with Crippen molar-refractivity contribution in [3.05, 3.63) is 35.0 Å². The van der Waals surface area contributed by atoms with Gasteiger partial charge in [-0.25, -0.2) is 4.79 Å². The number of phenolic OH excluding ortho intramolecular Hbond substituents is 2. The Morgan fingerprint density at radius 2 is 1.92 bits per heavy atom. The van der Waals surface area contributed by atoms with E-state index in [9.17, 15) is 48.9 Å². The molecule has 3 atom stereocenters. The maximum absolute atomic E-state index is 13.9. The molecule has 7 N–H and O–H groups in total. The number of carbonyl (C=O) groups excluding carboxylic acids is 7. The quantitative estimate of drug-likeness (QED) is 0.0238. The number of benzene rings is 1. The summed E-state index contributed by atoms with van der Waals surface area (Å²) in [7, 11) is 0. The van der Waals surface area contributed by atoms with Crippen LogP contribution in [0.4, 0.5) is 9.93 Å². The molecule has 0 aliphatic carbocycles. The fourth-order valence-corrected chi connectivity index (χ4v) is 8.38. The van der Waals surface area contributed by atoms with Crippen molar-refractivity contribution in [1.29, 1.82) is 0 Å². The number of nitrogen functional groups attached to an aromatic ring is 1. The number of hydrogen-bond acceptors (Lipinski definition) is 16. The second kappa shape index (κ2) is 15.2. The van der Waals surface area contributed by atoms with Gasteiger partial charge in [0.25, 0.3) is 5.91 Å². The zero-order chi connectivity index (χ0) is 34.9. The smallest absolute Gasteiger partial charge is 0.543 e. The Morgan fingerprint density at radius 1 is 1.18 bits per heavy atom. The molecule has 1 aromatic heterocycles. The fourth-order valence-electron chi connectivity index (χ4n) is 5.18. The number of nitrogens with one attached hydrogen (secondary N) is 3. The molecular weight excluding hydrogens is 718 g/mol. The van der Waals surface area contributed by atoms with E-state index in [4.69, 9.17) is 5.73 Å². The van der Waals surface area contributed by atoms with Crippen LogP contribution in [0.15, 0.2) is 33.8 Å². The van der Waals surface area contributed by atoms with Crippen LogP contribution in [0.2, 0.25) is 0 Å². The average Bonchev–Trinajstić information content (AvgIpc) is 3.48. The Hall–Kier alpha value is -4.09. The molecule has 1 unspecified atom stereocenters. The van der Waals surface area contributed by atoms with E-state index in [1.165, 1.54) is 4.90 Å². The third-order valence-electron chi connectivity index (χ3n) is 7.54. The van der Waals surface area contributed by atoms with Crippen LogP contribution in [0.25, 0.3) is 0 Å². The van der Waals surface area contributed by atoms with Gasteiger partial charge in [0, 0.05) is 31.1 Å². The monoisotopic (exact) mass is 743 g/mol. The topological polar surface area (TPSA) is 281 Å². The minimum absolute atomic E-state index is 0. The number of carboxylic acids is 1. The van der Waals surface area contributed by atoms with Crippen LogP contribution in [0, 0.1) is 0 Å². The van der Waals surface area contributed by atoms with Gasteiger partial charge in [0.05, 0.1) is 11.7 Å². The minimum Gasteiger partial charge on any atom is -0.543 e. The van der Waals surface area contributed by atoms with Crippen molar-refractivity contribution < 1.29 is 78.4 Å². The van der Waals surface area contributed by atoms with Gasteiger partial charge in [0.1, 0.15) is 11.4 Å². The molecular formula is C26H26N9NaO10S3. The Bertz CT molecular complexity index is 1760. The zero-order valence-electron chi connectivity index (χ0n) is 25.7. The molecule has 2 fully saturated rings. The van der Waals surface area contributed by atoms with Gasteiger partial charge in [0.15, 0.2) is 15.8 Å². The number of thioether (sulfide) groups is 2. The zero-order valence-corrected chi connectivity index (χ0v) is 30.1. The SMILES string of the molecule is CCN1CCN(C(=O)NC(C(=O)N[C@]2(NC=O)C(=O)N3C(C(=O)[O-])=C(CSc4nnc(N)s4)CS[C@H]32)c2ccc(O)c(O)c2)C(=O)C1=O.[Na+]. The number of amides is 7. The second-order valence-electron chi connectivity index (χ2n) is 10.3. The van der Waals surface area contributed by atoms with E-state index in [0.29, 0.717) is 14.8 Å². The maximum Gasteiger partial charge on any atom is 1.00 e. The van der Waals surface area contributed by atoms with Crippen LogP contribution in [0.3, 0.4) is 0 Å². The normalized spacial score (nSPS) is 20.9. The molecule has 0 radical (unpaired) electrons. The Kier molecular flexibility index (Phi) is 11.7. The van der Waals surface area contributed by atoms with Gasteiger partial charge in [-0.1, -0.05) is 29.2 Å². The number of carboxylic acid groups (broad SMARTS) is 1. The Labute approximate surface area is 311 Å². The van der Waals surface area contributed by atoms with E-state index in [0.717, 1.165) is 58.0 Å². The number of nitrogens with zero attached hydrogens (tertiary/aromatic N) is 5. The van der Waals surface area contributed by atoms with Crippen molar-refractivity contribution in [2.24, 2.45) is 0 Å². The molecule has 0 saturated carbocycles. The van der Waals surface area contributed by atoms with E-state index < -0.39 is 69.9 Å². The molecule has 0 bridgehead atoms. The van der Waals surface area contributed by atoms with Gasteiger partial charge < -0.3 is 46.7 Å². The van der Waals surface area contributed by atoms with Crippen molar-refractivity contribution >= 4 is 82.0 Å². The van der Waals surface area contributed by atoms with Gasteiger partial charge in [-0.3, -0.25) is 33.8 Å². The first kappa shape index (κ1) is 37.7. The molecule has 3 aliphatic heterocycles. The predicted molar refractivity (Wildman–Crippen MR) is 165 cm³/mol. The third kappa shape index (κ3) is 7.14. The van der Waals surface area contributed by atoms with Crippen molar-refractivity contribution in [3.8, 4) is 11.5 Å². The summed E-state index contributed by atoms with van der Waals surface area (Å²) in [5.74, 6) is -7.09. The number of carbonyl (C=O) groups is 7. The number of nitrogens with two attached hydrogens (primary N) is 1. The molecule has 49 heavy (non-hydrogen) atoms. The number of rotatable bonds is 11. The summed E-state index contributed by atoms with van der Waals surface area (Å²) >= 11 is 3.24. The first-order valence-corrected chi connectivity index (χ1v) is 16.7. The predicted octanol–water partition coefficient (Wildman–Crippen LogP) is -5.75. The number of imide groups is 1. The van der Waals surface area contributed by atoms with E-state index >= 15 is 0 Å². The number of aromatic hydroxyl groups is 2. The molecule has 0 spiro atoms.